The number of thioether (sulfide) groups is 1. The molecule has 0 saturated carbocycles. The molecule has 1 heterocycles. The van der Waals surface area contributed by atoms with Crippen LogP contribution in [0.4, 0.5) is 0 Å². The molecular formula is C18H25NO3S. The molecular weight excluding hydrogens is 310 g/mol. The third-order valence-electron chi connectivity index (χ3n) is 4.08. The smallest absolute Gasteiger partial charge is 0.310 e. The Hall–Kier alpha value is -1.49. The Morgan fingerprint density at radius 1 is 1.35 bits per heavy atom. The lowest BCUT2D eigenvalue weighted by atomic mass is 9.98. The van der Waals surface area contributed by atoms with Gasteiger partial charge in [0.15, 0.2) is 0 Å². The van der Waals surface area contributed by atoms with Crippen LogP contribution in [0.25, 0.3) is 0 Å². The molecule has 0 N–H and O–H groups in total. The second kappa shape index (κ2) is 8.39. The van der Waals surface area contributed by atoms with E-state index in [0.29, 0.717) is 18.9 Å². The first-order chi connectivity index (χ1) is 11.0. The number of piperidine rings is 1. The second-order valence-corrected chi connectivity index (χ2v) is 7.01. The van der Waals surface area contributed by atoms with Crippen molar-refractivity contribution < 1.29 is 14.3 Å². The van der Waals surface area contributed by atoms with E-state index in [1.165, 1.54) is 11.1 Å². The number of hydrogen-bond donors (Lipinski definition) is 0. The third kappa shape index (κ3) is 4.99. The van der Waals surface area contributed by atoms with Crippen molar-refractivity contribution >= 4 is 23.6 Å². The van der Waals surface area contributed by atoms with Crippen molar-refractivity contribution in [1.82, 2.24) is 4.90 Å². The molecule has 1 saturated heterocycles. The van der Waals surface area contributed by atoms with E-state index in [9.17, 15) is 9.59 Å². The maximum Gasteiger partial charge on any atom is 0.310 e. The van der Waals surface area contributed by atoms with Gasteiger partial charge in [-0.15, -0.1) is 11.8 Å². The van der Waals surface area contributed by atoms with Crippen molar-refractivity contribution in [3.63, 3.8) is 0 Å². The van der Waals surface area contributed by atoms with E-state index in [0.717, 1.165) is 24.3 Å². The van der Waals surface area contributed by atoms with Crippen molar-refractivity contribution in [1.29, 1.82) is 0 Å². The third-order valence-corrected chi connectivity index (χ3v) is 5.24. The zero-order chi connectivity index (χ0) is 16.8. The summed E-state index contributed by atoms with van der Waals surface area (Å²) >= 11 is 1.57. The first-order valence-corrected chi connectivity index (χ1v) is 9.14. The molecule has 1 unspecified atom stereocenters. The van der Waals surface area contributed by atoms with Gasteiger partial charge in [-0.3, -0.25) is 9.59 Å². The van der Waals surface area contributed by atoms with Gasteiger partial charge in [0.2, 0.25) is 5.91 Å². The summed E-state index contributed by atoms with van der Waals surface area (Å²) in [6.45, 7) is 7.57. The summed E-state index contributed by atoms with van der Waals surface area (Å²) in [7, 11) is 0. The number of likely N-dealkylation sites (tertiary alicyclic amines) is 1. The first kappa shape index (κ1) is 17.9. The molecule has 0 aliphatic carbocycles. The SMILES string of the molecule is CCOC(=O)C1CCCN(C(=O)CSc2ccc(C)cc2C)C1. The van der Waals surface area contributed by atoms with Crippen molar-refractivity contribution in [2.24, 2.45) is 5.92 Å². The van der Waals surface area contributed by atoms with Crippen molar-refractivity contribution in [2.75, 3.05) is 25.4 Å². The van der Waals surface area contributed by atoms with Gasteiger partial charge < -0.3 is 9.64 Å². The average molecular weight is 335 g/mol. The number of rotatable bonds is 5. The van der Waals surface area contributed by atoms with Crippen molar-refractivity contribution in [3.05, 3.63) is 29.3 Å². The Labute approximate surface area is 142 Å². The van der Waals surface area contributed by atoms with Crippen LogP contribution >= 0.6 is 11.8 Å². The minimum Gasteiger partial charge on any atom is -0.466 e. The zero-order valence-electron chi connectivity index (χ0n) is 14.1. The van der Waals surface area contributed by atoms with Gasteiger partial charge in [0.25, 0.3) is 0 Å². The molecule has 1 atom stereocenters. The number of benzene rings is 1. The Bertz CT molecular complexity index is 573. The molecule has 0 aromatic heterocycles. The summed E-state index contributed by atoms with van der Waals surface area (Å²) in [5, 5.41) is 0. The number of ether oxygens (including phenoxy) is 1. The van der Waals surface area contributed by atoms with Crippen LogP contribution in [0.2, 0.25) is 0 Å². The minimum absolute atomic E-state index is 0.101. The Balaban J connectivity index is 1.88. The van der Waals surface area contributed by atoms with Gasteiger partial charge in [0, 0.05) is 18.0 Å². The fourth-order valence-electron chi connectivity index (χ4n) is 2.85. The van der Waals surface area contributed by atoms with Crippen LogP contribution < -0.4 is 0 Å². The largest absolute Gasteiger partial charge is 0.466 e. The van der Waals surface area contributed by atoms with Gasteiger partial charge in [-0.05, 0) is 45.2 Å². The van der Waals surface area contributed by atoms with E-state index < -0.39 is 0 Å². The minimum atomic E-state index is -0.174. The molecule has 1 aliphatic rings. The lowest BCUT2D eigenvalue weighted by Gasteiger charge is -2.31. The van der Waals surface area contributed by atoms with E-state index in [-0.39, 0.29) is 17.8 Å². The van der Waals surface area contributed by atoms with Crippen LogP contribution in [-0.4, -0.2) is 42.2 Å². The van der Waals surface area contributed by atoms with Gasteiger partial charge >= 0.3 is 5.97 Å². The summed E-state index contributed by atoms with van der Waals surface area (Å²) < 4.78 is 5.08. The number of nitrogens with zero attached hydrogens (tertiary/aromatic N) is 1. The van der Waals surface area contributed by atoms with Crippen LogP contribution in [0.5, 0.6) is 0 Å². The van der Waals surface area contributed by atoms with Crippen LogP contribution in [-0.2, 0) is 14.3 Å². The van der Waals surface area contributed by atoms with Crippen LogP contribution in [0.3, 0.4) is 0 Å². The Morgan fingerprint density at radius 3 is 2.83 bits per heavy atom. The van der Waals surface area contributed by atoms with Gasteiger partial charge in [-0.2, -0.15) is 0 Å². The fourth-order valence-corrected chi connectivity index (χ4v) is 3.76. The predicted octanol–water partition coefficient (Wildman–Crippen LogP) is 3.20. The van der Waals surface area contributed by atoms with Crippen LogP contribution in [0.1, 0.15) is 30.9 Å². The van der Waals surface area contributed by atoms with Gasteiger partial charge in [0.05, 0.1) is 18.3 Å². The maximum atomic E-state index is 12.4. The number of amides is 1. The number of carbonyl (C=O) groups excluding carboxylic acids is 2. The number of carbonyl (C=O) groups is 2. The van der Waals surface area contributed by atoms with Gasteiger partial charge in [0.1, 0.15) is 0 Å². The summed E-state index contributed by atoms with van der Waals surface area (Å²) in [6, 6.07) is 6.27. The molecule has 1 amide bonds. The highest BCUT2D eigenvalue weighted by atomic mass is 32.2. The van der Waals surface area contributed by atoms with E-state index in [1.807, 2.05) is 11.8 Å². The molecule has 1 aromatic rings. The van der Waals surface area contributed by atoms with Gasteiger partial charge in [-0.25, -0.2) is 0 Å². The molecule has 2 rings (SSSR count). The van der Waals surface area contributed by atoms with Crippen LogP contribution in [0, 0.1) is 19.8 Å². The molecule has 1 aromatic carbocycles. The summed E-state index contributed by atoms with van der Waals surface area (Å²) in [4.78, 5) is 27.2. The zero-order valence-corrected chi connectivity index (χ0v) is 14.9. The highest BCUT2D eigenvalue weighted by Crippen LogP contribution is 2.25. The first-order valence-electron chi connectivity index (χ1n) is 8.15. The highest BCUT2D eigenvalue weighted by molar-refractivity contribution is 8.00. The molecule has 126 valence electrons. The van der Waals surface area contributed by atoms with E-state index >= 15 is 0 Å². The number of hydrogen-bond acceptors (Lipinski definition) is 4. The molecule has 1 fully saturated rings. The van der Waals surface area contributed by atoms with E-state index in [2.05, 4.69) is 32.0 Å². The summed E-state index contributed by atoms with van der Waals surface area (Å²) in [6.07, 6.45) is 1.68. The molecule has 5 heteroatoms. The fraction of sp³-hybridized carbons (Fsp3) is 0.556. The normalized spacial score (nSPS) is 17.9. The molecule has 1 aliphatic heterocycles. The maximum absolute atomic E-state index is 12.4. The lowest BCUT2D eigenvalue weighted by Crippen LogP contribution is -2.43. The quantitative estimate of drug-likeness (QED) is 0.612. The monoisotopic (exact) mass is 335 g/mol. The molecule has 23 heavy (non-hydrogen) atoms. The lowest BCUT2D eigenvalue weighted by molar-refractivity contribution is -0.151. The highest BCUT2D eigenvalue weighted by Gasteiger charge is 2.29. The molecule has 0 radical (unpaired) electrons. The van der Waals surface area contributed by atoms with Gasteiger partial charge in [-0.1, -0.05) is 17.7 Å². The molecule has 4 nitrogen and oxygen atoms in total. The van der Waals surface area contributed by atoms with Crippen LogP contribution in [0.15, 0.2) is 23.1 Å². The summed E-state index contributed by atoms with van der Waals surface area (Å²) in [5.41, 5.74) is 2.43. The Morgan fingerprint density at radius 2 is 2.13 bits per heavy atom. The molecule has 0 spiro atoms. The number of aryl methyl sites for hydroxylation is 2. The van der Waals surface area contributed by atoms with Crippen molar-refractivity contribution in [3.8, 4) is 0 Å². The number of esters is 1. The summed E-state index contributed by atoms with van der Waals surface area (Å²) in [5.74, 6) is 0.175. The predicted molar refractivity (Wildman–Crippen MR) is 92.6 cm³/mol. The Kier molecular flexibility index (Phi) is 6.51. The van der Waals surface area contributed by atoms with E-state index in [1.54, 1.807) is 11.8 Å². The van der Waals surface area contributed by atoms with E-state index in [4.69, 9.17) is 4.74 Å². The average Bonchev–Trinajstić information content (AvgIpc) is 2.54. The molecule has 0 bridgehead atoms. The standard InChI is InChI=1S/C18H25NO3S/c1-4-22-18(21)15-6-5-9-19(11-15)17(20)12-23-16-8-7-13(2)10-14(16)3/h7-8,10,15H,4-6,9,11-12H2,1-3H3. The second-order valence-electron chi connectivity index (χ2n) is 5.99. The van der Waals surface area contributed by atoms with Crippen molar-refractivity contribution in [2.45, 2.75) is 38.5 Å². The topological polar surface area (TPSA) is 46.6 Å².